The Bertz CT molecular complexity index is 492. The minimum Gasteiger partial charge on any atom is -0.291 e. The maximum Gasteiger partial charge on any atom is 0.0599 e. The van der Waals surface area contributed by atoms with E-state index in [2.05, 4.69) is 43.3 Å². The fourth-order valence-electron chi connectivity index (χ4n) is 3.12. The number of nitrogens with zero attached hydrogens (tertiary/aromatic N) is 4. The van der Waals surface area contributed by atoms with Crippen LogP contribution >= 0.6 is 0 Å². The Morgan fingerprint density at radius 3 is 0.885 bits per heavy atom. The Hall–Kier alpha value is -1.92. The molecule has 0 bridgehead atoms. The first kappa shape index (κ1) is 22.1. The van der Waals surface area contributed by atoms with Crippen LogP contribution in [0.4, 0.5) is 0 Å². The molecule has 26 heavy (non-hydrogen) atoms. The Labute approximate surface area is 160 Å². The van der Waals surface area contributed by atoms with Gasteiger partial charge in [-0.25, -0.2) is 0 Å². The van der Waals surface area contributed by atoms with Gasteiger partial charge in [0.05, 0.1) is 26.2 Å². The van der Waals surface area contributed by atoms with Gasteiger partial charge in [0, 0.05) is 39.3 Å². The Kier molecular flexibility index (Phi) is 12.1. The van der Waals surface area contributed by atoms with E-state index in [1.807, 2.05) is 0 Å². The van der Waals surface area contributed by atoms with Crippen molar-refractivity contribution < 1.29 is 0 Å². The van der Waals surface area contributed by atoms with Crippen LogP contribution in [0.1, 0.15) is 12.8 Å². The van der Waals surface area contributed by atoms with Crippen LogP contribution in [-0.4, -0.2) is 98.1 Å². The summed E-state index contributed by atoms with van der Waals surface area (Å²) in [5.74, 6) is 11.1. The van der Waals surface area contributed by atoms with E-state index in [1.54, 1.807) is 0 Å². The number of rotatable bonds is 4. The molecule has 1 aliphatic rings. The zero-order valence-electron chi connectivity index (χ0n) is 16.0. The second kappa shape index (κ2) is 14.3. The van der Waals surface area contributed by atoms with E-state index < -0.39 is 0 Å². The normalized spacial score (nSPS) is 20.2. The predicted molar refractivity (Wildman–Crippen MR) is 110 cm³/mol. The molecule has 0 aromatic rings. The van der Waals surface area contributed by atoms with Gasteiger partial charge in [-0.3, -0.25) is 19.6 Å². The largest absolute Gasteiger partial charge is 0.291 e. The van der Waals surface area contributed by atoms with Crippen LogP contribution in [0.15, 0.2) is 0 Å². The lowest BCUT2D eigenvalue weighted by Gasteiger charge is -2.30. The first-order valence-electron chi connectivity index (χ1n) is 9.36. The molecule has 0 aromatic heterocycles. The second-order valence-corrected chi connectivity index (χ2v) is 6.63. The second-order valence-electron chi connectivity index (χ2n) is 6.63. The SMILES string of the molecule is C#CCN1CCCCN(CC#C)CCN(CC#C)CCN(CC#C)CC1. The van der Waals surface area contributed by atoms with Crippen LogP contribution in [0, 0.1) is 49.4 Å². The molecular weight excluding hydrogens is 320 g/mol. The summed E-state index contributed by atoms with van der Waals surface area (Å²) in [5, 5.41) is 0. The Morgan fingerprint density at radius 2 is 0.654 bits per heavy atom. The lowest BCUT2D eigenvalue weighted by atomic mass is 10.2. The standard InChI is InChI=1S/C22H32N4/c1-5-11-23-15-9-10-16-24(12-6-2)18-20-26(14-8-4)22-21-25(13-7-3)19-17-23/h1-4H,9-22H2. The maximum atomic E-state index is 5.55. The van der Waals surface area contributed by atoms with Crippen LogP contribution in [-0.2, 0) is 0 Å². The summed E-state index contributed by atoms with van der Waals surface area (Å²) in [6.45, 7) is 10.2. The Morgan fingerprint density at radius 1 is 0.423 bits per heavy atom. The highest BCUT2D eigenvalue weighted by Crippen LogP contribution is 2.02. The average molecular weight is 353 g/mol. The summed E-state index contributed by atoms with van der Waals surface area (Å²) in [6.07, 6.45) is 24.4. The summed E-state index contributed by atoms with van der Waals surface area (Å²) in [6, 6.07) is 0. The highest BCUT2D eigenvalue weighted by molar-refractivity contribution is 4.93. The third-order valence-corrected chi connectivity index (χ3v) is 4.66. The third-order valence-electron chi connectivity index (χ3n) is 4.66. The topological polar surface area (TPSA) is 13.0 Å². The zero-order valence-corrected chi connectivity index (χ0v) is 16.0. The van der Waals surface area contributed by atoms with E-state index in [4.69, 9.17) is 25.7 Å². The molecule has 140 valence electrons. The van der Waals surface area contributed by atoms with Crippen LogP contribution in [0.3, 0.4) is 0 Å². The van der Waals surface area contributed by atoms with Crippen molar-refractivity contribution in [3.63, 3.8) is 0 Å². The van der Waals surface area contributed by atoms with E-state index in [9.17, 15) is 0 Å². The molecule has 0 amide bonds. The van der Waals surface area contributed by atoms with Crippen molar-refractivity contribution in [1.82, 2.24) is 19.6 Å². The van der Waals surface area contributed by atoms with Gasteiger partial charge < -0.3 is 0 Å². The minimum atomic E-state index is 0.650. The third kappa shape index (κ3) is 9.53. The molecule has 0 atom stereocenters. The van der Waals surface area contributed by atoms with Gasteiger partial charge in [-0.1, -0.05) is 23.7 Å². The molecule has 1 aliphatic heterocycles. The molecule has 4 nitrogen and oxygen atoms in total. The summed E-state index contributed by atoms with van der Waals surface area (Å²) in [7, 11) is 0. The molecule has 1 fully saturated rings. The number of terminal acetylenes is 4. The van der Waals surface area contributed by atoms with Crippen molar-refractivity contribution in [2.75, 3.05) is 78.5 Å². The molecule has 1 saturated heterocycles. The van der Waals surface area contributed by atoms with Crippen LogP contribution in [0.5, 0.6) is 0 Å². The highest BCUT2D eigenvalue weighted by Gasteiger charge is 2.13. The number of hydrogen-bond acceptors (Lipinski definition) is 4. The molecule has 0 spiro atoms. The minimum absolute atomic E-state index is 0.650. The smallest absolute Gasteiger partial charge is 0.0599 e. The summed E-state index contributed by atoms with van der Waals surface area (Å²) < 4.78 is 0. The molecule has 0 aromatic carbocycles. The highest BCUT2D eigenvalue weighted by atomic mass is 15.2. The molecule has 0 unspecified atom stereocenters. The van der Waals surface area contributed by atoms with Gasteiger partial charge >= 0.3 is 0 Å². The summed E-state index contributed by atoms with van der Waals surface area (Å²) in [4.78, 5) is 9.27. The van der Waals surface area contributed by atoms with Crippen molar-refractivity contribution >= 4 is 0 Å². The summed E-state index contributed by atoms with van der Waals surface area (Å²) >= 11 is 0. The van der Waals surface area contributed by atoms with Crippen molar-refractivity contribution in [3.8, 4) is 49.4 Å². The van der Waals surface area contributed by atoms with Gasteiger partial charge in [0.1, 0.15) is 0 Å². The van der Waals surface area contributed by atoms with Crippen molar-refractivity contribution in [2.24, 2.45) is 0 Å². The molecule has 0 saturated carbocycles. The fourth-order valence-corrected chi connectivity index (χ4v) is 3.12. The first-order chi connectivity index (χ1) is 12.7. The number of hydrogen-bond donors (Lipinski definition) is 0. The van der Waals surface area contributed by atoms with Gasteiger partial charge in [-0.15, -0.1) is 25.7 Å². The maximum absolute atomic E-state index is 5.55. The van der Waals surface area contributed by atoms with Gasteiger partial charge in [0.2, 0.25) is 0 Å². The lowest BCUT2D eigenvalue weighted by molar-refractivity contribution is 0.176. The summed E-state index contributed by atoms with van der Waals surface area (Å²) in [5.41, 5.74) is 0. The van der Waals surface area contributed by atoms with E-state index in [0.717, 1.165) is 65.2 Å². The predicted octanol–water partition coefficient (Wildman–Crippen LogP) is 0.521. The molecule has 1 heterocycles. The quantitative estimate of drug-likeness (QED) is 0.684. The van der Waals surface area contributed by atoms with Crippen molar-refractivity contribution in [3.05, 3.63) is 0 Å². The van der Waals surface area contributed by atoms with E-state index in [0.29, 0.717) is 26.2 Å². The van der Waals surface area contributed by atoms with Crippen LogP contribution in [0.2, 0.25) is 0 Å². The van der Waals surface area contributed by atoms with E-state index >= 15 is 0 Å². The van der Waals surface area contributed by atoms with Gasteiger partial charge in [0.15, 0.2) is 0 Å². The van der Waals surface area contributed by atoms with E-state index in [1.165, 1.54) is 0 Å². The van der Waals surface area contributed by atoms with Crippen molar-refractivity contribution in [2.45, 2.75) is 12.8 Å². The molecule has 1 rings (SSSR count). The zero-order chi connectivity index (χ0) is 19.0. The monoisotopic (exact) mass is 352 g/mol. The Balaban J connectivity index is 2.77. The first-order valence-corrected chi connectivity index (χ1v) is 9.36. The molecule has 0 radical (unpaired) electrons. The van der Waals surface area contributed by atoms with Gasteiger partial charge in [-0.05, 0) is 25.9 Å². The van der Waals surface area contributed by atoms with Crippen molar-refractivity contribution in [1.29, 1.82) is 0 Å². The van der Waals surface area contributed by atoms with Crippen LogP contribution < -0.4 is 0 Å². The van der Waals surface area contributed by atoms with Gasteiger partial charge in [0.25, 0.3) is 0 Å². The van der Waals surface area contributed by atoms with Gasteiger partial charge in [-0.2, -0.15) is 0 Å². The average Bonchev–Trinajstić information content (AvgIpc) is 2.63. The molecular formula is C22H32N4. The molecule has 4 heteroatoms. The lowest BCUT2D eigenvalue weighted by Crippen LogP contribution is -2.43. The molecule has 0 aliphatic carbocycles. The van der Waals surface area contributed by atoms with Crippen LogP contribution in [0.25, 0.3) is 0 Å². The van der Waals surface area contributed by atoms with E-state index in [-0.39, 0.29) is 0 Å². The molecule has 0 N–H and O–H groups in total. The fraction of sp³-hybridized carbons (Fsp3) is 0.636.